The molecule has 0 fully saturated rings. The highest BCUT2D eigenvalue weighted by Crippen LogP contribution is 2.27. The number of nitrogens with zero attached hydrogens (tertiary/aromatic N) is 2. The van der Waals surface area contributed by atoms with Crippen LogP contribution >= 0.6 is 12.2 Å². The summed E-state index contributed by atoms with van der Waals surface area (Å²) in [6.07, 6.45) is 0. The monoisotopic (exact) mass is 190 g/mol. The van der Waals surface area contributed by atoms with Gasteiger partial charge in [-0.2, -0.15) is 10.3 Å². The number of hydrogen-bond donors (Lipinski definition) is 0. The van der Waals surface area contributed by atoms with Gasteiger partial charge in [-0.05, 0) is 24.4 Å². The van der Waals surface area contributed by atoms with Gasteiger partial charge in [-0.15, -0.1) is 0 Å². The molecule has 64 valence electrons. The van der Waals surface area contributed by atoms with Gasteiger partial charge in [-0.25, -0.2) is 0 Å². The standard InChI is InChI=1S/C9H6N2OS/c1-12-9-4-7(5-10)2-3-8(9)11-6-13/h2-4H,1H3. The highest BCUT2D eigenvalue weighted by molar-refractivity contribution is 7.78. The molecule has 0 spiro atoms. The van der Waals surface area contributed by atoms with E-state index < -0.39 is 0 Å². The number of aliphatic imine (C=N–C) groups is 1. The van der Waals surface area contributed by atoms with Crippen LogP contribution in [0.4, 0.5) is 5.69 Å². The Bertz CT molecular complexity index is 403. The van der Waals surface area contributed by atoms with E-state index >= 15 is 0 Å². The van der Waals surface area contributed by atoms with E-state index in [0.29, 0.717) is 17.0 Å². The Morgan fingerprint density at radius 3 is 2.85 bits per heavy atom. The minimum atomic E-state index is 0.524. The predicted octanol–water partition coefficient (Wildman–Crippen LogP) is 2.30. The first-order valence-electron chi connectivity index (χ1n) is 3.48. The Labute approximate surface area is 81.3 Å². The fraction of sp³-hybridized carbons (Fsp3) is 0.111. The maximum Gasteiger partial charge on any atom is 0.146 e. The Kier molecular flexibility index (Phi) is 3.15. The molecule has 4 heteroatoms. The molecule has 0 N–H and O–H groups in total. The van der Waals surface area contributed by atoms with Crippen LogP contribution in [0.1, 0.15) is 5.56 Å². The quantitative estimate of drug-likeness (QED) is 0.531. The van der Waals surface area contributed by atoms with Crippen molar-refractivity contribution in [1.82, 2.24) is 0 Å². The molecule has 1 rings (SSSR count). The van der Waals surface area contributed by atoms with Crippen LogP contribution < -0.4 is 4.74 Å². The molecule has 3 nitrogen and oxygen atoms in total. The van der Waals surface area contributed by atoms with Gasteiger partial charge in [0, 0.05) is 6.07 Å². The molecule has 1 aromatic rings. The number of benzene rings is 1. The number of rotatable bonds is 2. The maximum absolute atomic E-state index is 8.61. The normalized spacial score (nSPS) is 8.31. The third kappa shape index (κ3) is 2.12. The summed E-state index contributed by atoms with van der Waals surface area (Å²) < 4.78 is 5.01. The number of methoxy groups -OCH3 is 1. The highest BCUT2D eigenvalue weighted by Gasteiger charge is 2.01. The lowest BCUT2D eigenvalue weighted by Crippen LogP contribution is -1.84. The van der Waals surface area contributed by atoms with Gasteiger partial charge in [-0.1, -0.05) is 0 Å². The van der Waals surface area contributed by atoms with Crippen molar-refractivity contribution < 1.29 is 4.74 Å². The second-order valence-corrected chi connectivity index (χ2v) is 2.38. The second kappa shape index (κ2) is 4.36. The molecule has 0 radical (unpaired) electrons. The molecule has 0 bridgehead atoms. The lowest BCUT2D eigenvalue weighted by molar-refractivity contribution is 0.416. The molecule has 0 aliphatic carbocycles. The van der Waals surface area contributed by atoms with E-state index in [1.54, 1.807) is 18.2 Å². The van der Waals surface area contributed by atoms with Crippen molar-refractivity contribution in [3.63, 3.8) is 0 Å². The zero-order chi connectivity index (χ0) is 9.68. The van der Waals surface area contributed by atoms with E-state index in [0.717, 1.165) is 0 Å². The zero-order valence-corrected chi connectivity index (χ0v) is 7.76. The Balaban J connectivity index is 3.24. The number of thiocarbonyl (C=S) groups is 1. The smallest absolute Gasteiger partial charge is 0.146 e. The van der Waals surface area contributed by atoms with Crippen LogP contribution in [0.15, 0.2) is 23.2 Å². The molecule has 1 aromatic carbocycles. The summed E-state index contributed by atoms with van der Waals surface area (Å²) in [5.41, 5.74) is 1.11. The van der Waals surface area contributed by atoms with Gasteiger partial charge in [-0.3, -0.25) is 0 Å². The summed E-state index contributed by atoms with van der Waals surface area (Å²) in [6, 6.07) is 6.92. The first-order chi connectivity index (χ1) is 6.31. The third-order valence-electron chi connectivity index (χ3n) is 1.47. The van der Waals surface area contributed by atoms with Gasteiger partial charge in [0.1, 0.15) is 11.4 Å². The van der Waals surface area contributed by atoms with Crippen LogP contribution in [-0.4, -0.2) is 12.3 Å². The molecule has 13 heavy (non-hydrogen) atoms. The average molecular weight is 190 g/mol. The maximum atomic E-state index is 8.61. The third-order valence-corrected chi connectivity index (χ3v) is 1.57. The van der Waals surface area contributed by atoms with Crippen molar-refractivity contribution in [3.8, 4) is 11.8 Å². The van der Waals surface area contributed by atoms with Crippen molar-refractivity contribution in [1.29, 1.82) is 5.26 Å². The van der Waals surface area contributed by atoms with Crippen molar-refractivity contribution in [2.24, 2.45) is 4.99 Å². The lowest BCUT2D eigenvalue weighted by atomic mass is 10.2. The molecule has 0 amide bonds. The van der Waals surface area contributed by atoms with Crippen LogP contribution in [0.25, 0.3) is 0 Å². The SMILES string of the molecule is COc1cc(C#N)ccc1N=C=S. The van der Waals surface area contributed by atoms with E-state index in [2.05, 4.69) is 22.4 Å². The first-order valence-corrected chi connectivity index (χ1v) is 3.88. The number of hydrogen-bond acceptors (Lipinski definition) is 4. The molecule has 0 saturated heterocycles. The summed E-state index contributed by atoms with van der Waals surface area (Å²) in [6.45, 7) is 0. The average Bonchev–Trinajstić information content (AvgIpc) is 2.19. The summed E-state index contributed by atoms with van der Waals surface area (Å²) in [5, 5.41) is 10.8. The van der Waals surface area contributed by atoms with Crippen molar-refractivity contribution in [2.45, 2.75) is 0 Å². The van der Waals surface area contributed by atoms with Crippen LogP contribution in [0.2, 0.25) is 0 Å². The molecule has 0 atom stereocenters. The number of isothiocyanates is 1. The van der Waals surface area contributed by atoms with Crippen LogP contribution in [0.5, 0.6) is 5.75 Å². The minimum Gasteiger partial charge on any atom is -0.494 e. The Morgan fingerprint density at radius 1 is 1.54 bits per heavy atom. The van der Waals surface area contributed by atoms with Crippen molar-refractivity contribution in [3.05, 3.63) is 23.8 Å². The fourth-order valence-corrected chi connectivity index (χ4v) is 0.987. The summed E-state index contributed by atoms with van der Waals surface area (Å²) in [7, 11) is 1.51. The summed E-state index contributed by atoms with van der Waals surface area (Å²) in [4.78, 5) is 3.78. The molecule has 0 aliphatic rings. The number of nitriles is 1. The molecular weight excluding hydrogens is 184 g/mol. The predicted molar refractivity (Wildman–Crippen MR) is 52.4 cm³/mol. The zero-order valence-electron chi connectivity index (χ0n) is 6.94. The van der Waals surface area contributed by atoms with Crippen molar-refractivity contribution in [2.75, 3.05) is 7.11 Å². The number of ether oxygens (including phenoxy) is 1. The van der Waals surface area contributed by atoms with Crippen molar-refractivity contribution >= 4 is 23.1 Å². The largest absolute Gasteiger partial charge is 0.494 e. The molecule has 0 unspecified atom stereocenters. The fourth-order valence-electron chi connectivity index (χ4n) is 0.889. The van der Waals surface area contributed by atoms with Crippen LogP contribution in [0, 0.1) is 11.3 Å². The summed E-state index contributed by atoms with van der Waals surface area (Å²) in [5.74, 6) is 0.524. The lowest BCUT2D eigenvalue weighted by Gasteiger charge is -2.02. The van der Waals surface area contributed by atoms with E-state index in [1.165, 1.54) is 7.11 Å². The minimum absolute atomic E-state index is 0.524. The summed E-state index contributed by atoms with van der Waals surface area (Å²) >= 11 is 4.47. The van der Waals surface area contributed by atoms with E-state index in [1.807, 2.05) is 6.07 Å². The van der Waals surface area contributed by atoms with Gasteiger partial charge in [0.05, 0.1) is 23.9 Å². The molecule has 0 aliphatic heterocycles. The van der Waals surface area contributed by atoms with Crippen LogP contribution in [-0.2, 0) is 0 Å². The molecular formula is C9H6N2OS. The Hall–Kier alpha value is -1.69. The highest BCUT2D eigenvalue weighted by atomic mass is 32.1. The second-order valence-electron chi connectivity index (χ2n) is 2.20. The Morgan fingerprint density at radius 2 is 2.31 bits per heavy atom. The van der Waals surface area contributed by atoms with Gasteiger partial charge < -0.3 is 4.74 Å². The molecule has 0 heterocycles. The first kappa shape index (κ1) is 9.40. The molecule has 0 aromatic heterocycles. The van der Waals surface area contributed by atoms with Gasteiger partial charge in [0.15, 0.2) is 0 Å². The van der Waals surface area contributed by atoms with E-state index in [4.69, 9.17) is 10.00 Å². The van der Waals surface area contributed by atoms with Crippen LogP contribution in [0.3, 0.4) is 0 Å². The topological polar surface area (TPSA) is 45.4 Å². The van der Waals surface area contributed by atoms with E-state index in [9.17, 15) is 0 Å². The van der Waals surface area contributed by atoms with Gasteiger partial charge in [0.25, 0.3) is 0 Å². The van der Waals surface area contributed by atoms with E-state index in [-0.39, 0.29) is 0 Å². The van der Waals surface area contributed by atoms with Gasteiger partial charge >= 0.3 is 0 Å². The van der Waals surface area contributed by atoms with Gasteiger partial charge in [0.2, 0.25) is 0 Å². The molecule has 0 saturated carbocycles.